The Morgan fingerprint density at radius 2 is 2.21 bits per heavy atom. The molecule has 0 aliphatic rings. The topological polar surface area (TPSA) is 21.3 Å². The molecule has 0 saturated carbocycles. The van der Waals surface area contributed by atoms with Crippen molar-refractivity contribution in [1.82, 2.24) is 0 Å². The lowest BCUT2D eigenvalue weighted by Gasteiger charge is -2.07. The highest BCUT2D eigenvalue weighted by Crippen LogP contribution is 2.20. The quantitative estimate of drug-likeness (QED) is 0.739. The average Bonchev–Trinajstić information content (AvgIpc) is 2.21. The molecule has 0 heterocycles. The third-order valence-electron chi connectivity index (χ3n) is 1.80. The van der Waals surface area contributed by atoms with Gasteiger partial charge < -0.3 is 10.1 Å². The van der Waals surface area contributed by atoms with Gasteiger partial charge in [0, 0.05) is 12.6 Å². The number of rotatable bonds is 5. The first-order valence-electron chi connectivity index (χ1n) is 4.41. The van der Waals surface area contributed by atoms with Crippen molar-refractivity contribution < 1.29 is 13.5 Å². The number of alkyl halides is 1. The zero-order chi connectivity index (χ0) is 10.4. The molecule has 14 heavy (non-hydrogen) atoms. The molecule has 78 valence electrons. The zero-order valence-corrected chi connectivity index (χ0v) is 8.02. The summed E-state index contributed by atoms with van der Waals surface area (Å²) in [5.74, 6) is 0.221. The van der Waals surface area contributed by atoms with Crippen molar-refractivity contribution in [2.24, 2.45) is 0 Å². The standard InChI is InChI=1S/C10H13F2NO/c1-14-8-3-4-9(12)10(7-8)13-6-2-5-11/h3-4,7,13H,2,5-6H2,1H3. The maximum absolute atomic E-state index is 13.1. The molecule has 2 nitrogen and oxygen atoms in total. The number of halogens is 2. The maximum Gasteiger partial charge on any atom is 0.146 e. The second-order valence-corrected chi connectivity index (χ2v) is 2.82. The van der Waals surface area contributed by atoms with E-state index < -0.39 is 6.67 Å². The zero-order valence-electron chi connectivity index (χ0n) is 8.02. The molecule has 0 aliphatic carbocycles. The van der Waals surface area contributed by atoms with Gasteiger partial charge in [0.05, 0.1) is 19.5 Å². The van der Waals surface area contributed by atoms with Gasteiger partial charge in [-0.1, -0.05) is 0 Å². The van der Waals surface area contributed by atoms with Crippen LogP contribution in [-0.2, 0) is 0 Å². The van der Waals surface area contributed by atoms with E-state index in [0.29, 0.717) is 24.4 Å². The van der Waals surface area contributed by atoms with E-state index in [4.69, 9.17) is 4.74 Å². The van der Waals surface area contributed by atoms with Gasteiger partial charge in [-0.2, -0.15) is 0 Å². The Balaban J connectivity index is 2.64. The van der Waals surface area contributed by atoms with Crippen molar-refractivity contribution in [1.29, 1.82) is 0 Å². The number of hydrogen-bond donors (Lipinski definition) is 1. The molecular weight excluding hydrogens is 188 g/mol. The molecule has 0 aliphatic heterocycles. The molecule has 1 aromatic carbocycles. The largest absolute Gasteiger partial charge is 0.497 e. The van der Waals surface area contributed by atoms with Crippen LogP contribution in [0.3, 0.4) is 0 Å². The number of methoxy groups -OCH3 is 1. The molecule has 4 heteroatoms. The summed E-state index contributed by atoms with van der Waals surface area (Å²) in [5.41, 5.74) is 0.345. The predicted molar refractivity (Wildman–Crippen MR) is 52.0 cm³/mol. The second kappa shape index (κ2) is 5.42. The molecule has 0 bridgehead atoms. The van der Waals surface area contributed by atoms with E-state index in [9.17, 15) is 8.78 Å². The summed E-state index contributed by atoms with van der Waals surface area (Å²) >= 11 is 0. The number of hydrogen-bond acceptors (Lipinski definition) is 2. The molecule has 0 fully saturated rings. The van der Waals surface area contributed by atoms with Crippen LogP contribution in [0.25, 0.3) is 0 Å². The Bertz CT molecular complexity index is 291. The van der Waals surface area contributed by atoms with Crippen LogP contribution in [0.5, 0.6) is 5.75 Å². The normalized spacial score (nSPS) is 9.93. The summed E-state index contributed by atoms with van der Waals surface area (Å²) in [6.07, 6.45) is 0.372. The van der Waals surface area contributed by atoms with Gasteiger partial charge in [0.25, 0.3) is 0 Å². The van der Waals surface area contributed by atoms with Gasteiger partial charge in [0.15, 0.2) is 0 Å². The van der Waals surface area contributed by atoms with Crippen LogP contribution in [-0.4, -0.2) is 20.3 Å². The Kier molecular flexibility index (Phi) is 4.16. The van der Waals surface area contributed by atoms with E-state index in [1.807, 2.05) is 0 Å². The van der Waals surface area contributed by atoms with E-state index in [1.165, 1.54) is 19.2 Å². The van der Waals surface area contributed by atoms with Gasteiger partial charge in [-0.05, 0) is 18.6 Å². The molecule has 0 amide bonds. The molecule has 0 spiro atoms. The fourth-order valence-electron chi connectivity index (χ4n) is 1.06. The minimum absolute atomic E-state index is 0.345. The molecule has 1 aromatic rings. The van der Waals surface area contributed by atoms with Gasteiger partial charge in [-0.15, -0.1) is 0 Å². The lowest BCUT2D eigenvalue weighted by Crippen LogP contribution is -2.04. The molecule has 0 saturated heterocycles. The van der Waals surface area contributed by atoms with Crippen LogP contribution >= 0.6 is 0 Å². The minimum Gasteiger partial charge on any atom is -0.497 e. The first-order valence-corrected chi connectivity index (χ1v) is 4.41. The maximum atomic E-state index is 13.1. The van der Waals surface area contributed by atoms with Gasteiger partial charge >= 0.3 is 0 Å². The highest BCUT2D eigenvalue weighted by molar-refractivity contribution is 5.49. The highest BCUT2D eigenvalue weighted by atomic mass is 19.1. The van der Waals surface area contributed by atoms with Crippen LogP contribution in [0.1, 0.15) is 6.42 Å². The molecule has 0 unspecified atom stereocenters. The molecule has 0 aromatic heterocycles. The highest BCUT2D eigenvalue weighted by Gasteiger charge is 2.02. The van der Waals surface area contributed by atoms with Crippen molar-refractivity contribution in [3.8, 4) is 5.75 Å². The smallest absolute Gasteiger partial charge is 0.146 e. The number of benzene rings is 1. The number of nitrogens with one attached hydrogen (secondary N) is 1. The Labute approximate surface area is 81.9 Å². The van der Waals surface area contributed by atoms with Crippen LogP contribution < -0.4 is 10.1 Å². The third-order valence-corrected chi connectivity index (χ3v) is 1.80. The molecule has 0 atom stereocenters. The Hall–Kier alpha value is -1.32. The van der Waals surface area contributed by atoms with Crippen molar-refractivity contribution in [3.63, 3.8) is 0 Å². The van der Waals surface area contributed by atoms with Crippen LogP contribution in [0, 0.1) is 5.82 Å². The van der Waals surface area contributed by atoms with Gasteiger partial charge in [-0.25, -0.2) is 4.39 Å². The summed E-state index contributed by atoms with van der Waals surface area (Å²) in [4.78, 5) is 0. The molecule has 0 radical (unpaired) electrons. The molecular formula is C10H13F2NO. The van der Waals surface area contributed by atoms with E-state index in [-0.39, 0.29) is 5.82 Å². The fraction of sp³-hybridized carbons (Fsp3) is 0.400. The van der Waals surface area contributed by atoms with Crippen molar-refractivity contribution in [2.75, 3.05) is 25.6 Å². The van der Waals surface area contributed by atoms with E-state index in [2.05, 4.69) is 5.32 Å². The molecule has 1 N–H and O–H groups in total. The SMILES string of the molecule is COc1ccc(F)c(NCCCF)c1. The van der Waals surface area contributed by atoms with E-state index in [0.717, 1.165) is 0 Å². The summed E-state index contributed by atoms with van der Waals surface area (Å²) in [5, 5.41) is 2.79. The summed E-state index contributed by atoms with van der Waals surface area (Å²) < 4.78 is 29.8. The minimum atomic E-state index is -0.404. The Morgan fingerprint density at radius 1 is 1.43 bits per heavy atom. The van der Waals surface area contributed by atoms with Crippen LogP contribution in [0.4, 0.5) is 14.5 Å². The van der Waals surface area contributed by atoms with Crippen LogP contribution in [0.2, 0.25) is 0 Å². The van der Waals surface area contributed by atoms with E-state index in [1.54, 1.807) is 6.07 Å². The number of ether oxygens (including phenoxy) is 1. The summed E-state index contributed by atoms with van der Waals surface area (Å²) in [6, 6.07) is 4.40. The van der Waals surface area contributed by atoms with Crippen molar-refractivity contribution in [2.45, 2.75) is 6.42 Å². The van der Waals surface area contributed by atoms with Gasteiger partial charge in [-0.3, -0.25) is 4.39 Å². The Morgan fingerprint density at radius 3 is 2.86 bits per heavy atom. The lowest BCUT2D eigenvalue weighted by molar-refractivity contribution is 0.414. The number of anilines is 1. The van der Waals surface area contributed by atoms with Crippen molar-refractivity contribution in [3.05, 3.63) is 24.0 Å². The van der Waals surface area contributed by atoms with Crippen molar-refractivity contribution >= 4 is 5.69 Å². The van der Waals surface area contributed by atoms with Gasteiger partial charge in [0.1, 0.15) is 11.6 Å². The summed E-state index contributed by atoms with van der Waals surface area (Å²) in [6.45, 7) is 0.0131. The average molecular weight is 201 g/mol. The first-order chi connectivity index (χ1) is 6.77. The van der Waals surface area contributed by atoms with E-state index >= 15 is 0 Å². The monoisotopic (exact) mass is 201 g/mol. The summed E-state index contributed by atoms with van der Waals surface area (Å²) in [7, 11) is 1.51. The fourth-order valence-corrected chi connectivity index (χ4v) is 1.06. The van der Waals surface area contributed by atoms with Crippen LogP contribution in [0.15, 0.2) is 18.2 Å². The first kappa shape index (κ1) is 10.8. The lowest BCUT2D eigenvalue weighted by atomic mass is 10.3. The molecule has 1 rings (SSSR count). The third kappa shape index (κ3) is 2.87. The predicted octanol–water partition coefficient (Wildman–Crippen LogP) is 2.61. The second-order valence-electron chi connectivity index (χ2n) is 2.82. The van der Waals surface area contributed by atoms with Gasteiger partial charge in [0.2, 0.25) is 0 Å².